The number of nitrogens with zero attached hydrogens (tertiary/aromatic N) is 1. The summed E-state index contributed by atoms with van der Waals surface area (Å²) >= 11 is 1.57. The lowest BCUT2D eigenvalue weighted by Gasteiger charge is -2.31. The monoisotopic (exact) mass is 442 g/mol. The van der Waals surface area contributed by atoms with Gasteiger partial charge in [-0.25, -0.2) is 0 Å². The van der Waals surface area contributed by atoms with Crippen LogP contribution in [0.3, 0.4) is 0 Å². The van der Waals surface area contributed by atoms with Crippen molar-refractivity contribution >= 4 is 23.6 Å². The Bertz CT molecular complexity index is 852. The summed E-state index contributed by atoms with van der Waals surface area (Å²) in [7, 11) is 1.62. The fourth-order valence-corrected chi connectivity index (χ4v) is 4.16. The van der Waals surface area contributed by atoms with Crippen LogP contribution in [0.2, 0.25) is 0 Å². The fourth-order valence-electron chi connectivity index (χ4n) is 3.29. The zero-order valence-electron chi connectivity index (χ0n) is 19.2. The molecule has 0 aromatic heterocycles. The molecule has 0 heterocycles. The van der Waals surface area contributed by atoms with E-state index in [1.54, 1.807) is 23.8 Å². The van der Waals surface area contributed by atoms with Gasteiger partial charge >= 0.3 is 0 Å². The molecule has 2 amide bonds. The van der Waals surface area contributed by atoms with Gasteiger partial charge in [0.2, 0.25) is 11.8 Å². The smallest absolute Gasteiger partial charge is 0.243 e. The number of rotatable bonds is 11. The van der Waals surface area contributed by atoms with Crippen molar-refractivity contribution in [2.24, 2.45) is 0 Å². The Morgan fingerprint density at radius 3 is 2.42 bits per heavy atom. The van der Waals surface area contributed by atoms with E-state index in [2.05, 4.69) is 36.5 Å². The number of ether oxygens (including phenoxy) is 1. The maximum Gasteiger partial charge on any atom is 0.243 e. The number of carbonyl (C=O) groups is 2. The molecule has 0 spiro atoms. The summed E-state index contributed by atoms with van der Waals surface area (Å²) in [6.45, 7) is 8.22. The van der Waals surface area contributed by atoms with E-state index in [0.717, 1.165) is 17.1 Å². The molecule has 6 heteroatoms. The fraction of sp³-hybridized carbons (Fsp3) is 0.440. The number of nitrogens with one attached hydrogen (secondary N) is 1. The molecule has 0 saturated heterocycles. The standard InChI is InChI=1S/C25H34N2O3S/c1-6-23(25(29)26-18(2)3)27(15-21-8-7-9-22(14-21)30-5)24(28)17-31-16-20-12-10-19(4)11-13-20/h7-14,18,23H,6,15-17H2,1-5H3,(H,26,29). The first-order valence-corrected chi connectivity index (χ1v) is 11.9. The van der Waals surface area contributed by atoms with Crippen molar-refractivity contribution in [1.29, 1.82) is 0 Å². The van der Waals surface area contributed by atoms with Crippen molar-refractivity contribution in [1.82, 2.24) is 10.2 Å². The summed E-state index contributed by atoms with van der Waals surface area (Å²) < 4.78 is 5.32. The molecule has 0 radical (unpaired) electrons. The lowest BCUT2D eigenvalue weighted by molar-refractivity contribution is -0.139. The summed E-state index contributed by atoms with van der Waals surface area (Å²) in [6.07, 6.45) is 0.552. The first-order chi connectivity index (χ1) is 14.8. The van der Waals surface area contributed by atoms with Gasteiger partial charge in [-0.2, -0.15) is 0 Å². The highest BCUT2D eigenvalue weighted by Crippen LogP contribution is 2.20. The Balaban J connectivity index is 2.14. The van der Waals surface area contributed by atoms with E-state index in [4.69, 9.17) is 4.74 Å². The number of hydrogen-bond acceptors (Lipinski definition) is 4. The number of amides is 2. The lowest BCUT2D eigenvalue weighted by Crippen LogP contribution is -2.50. The van der Waals surface area contributed by atoms with E-state index in [-0.39, 0.29) is 17.9 Å². The molecule has 2 aromatic rings. The minimum Gasteiger partial charge on any atom is -0.497 e. The summed E-state index contributed by atoms with van der Waals surface area (Å²) in [5.74, 6) is 1.67. The first-order valence-electron chi connectivity index (χ1n) is 10.7. The van der Waals surface area contributed by atoms with Gasteiger partial charge in [0.15, 0.2) is 0 Å². The summed E-state index contributed by atoms with van der Waals surface area (Å²) in [4.78, 5) is 27.8. The number of aryl methyl sites for hydroxylation is 1. The van der Waals surface area contributed by atoms with Gasteiger partial charge in [-0.3, -0.25) is 9.59 Å². The topological polar surface area (TPSA) is 58.6 Å². The average Bonchev–Trinajstić information content (AvgIpc) is 2.74. The normalized spacial score (nSPS) is 11.8. The van der Waals surface area contributed by atoms with Crippen LogP contribution in [0.5, 0.6) is 5.75 Å². The van der Waals surface area contributed by atoms with Gasteiger partial charge in [0.05, 0.1) is 12.9 Å². The molecule has 0 saturated carbocycles. The van der Waals surface area contributed by atoms with Crippen LogP contribution in [0.1, 0.15) is 43.9 Å². The molecule has 0 bridgehead atoms. The Morgan fingerprint density at radius 1 is 1.10 bits per heavy atom. The Labute approximate surface area is 190 Å². The molecule has 0 fully saturated rings. The van der Waals surface area contributed by atoms with Crippen LogP contribution in [0, 0.1) is 6.92 Å². The van der Waals surface area contributed by atoms with Crippen molar-refractivity contribution in [3.05, 3.63) is 65.2 Å². The quantitative estimate of drug-likeness (QED) is 0.554. The van der Waals surface area contributed by atoms with E-state index in [1.807, 2.05) is 45.0 Å². The van der Waals surface area contributed by atoms with Gasteiger partial charge in [-0.15, -0.1) is 11.8 Å². The van der Waals surface area contributed by atoms with Crippen LogP contribution in [-0.2, 0) is 21.9 Å². The predicted molar refractivity (Wildman–Crippen MR) is 128 cm³/mol. The van der Waals surface area contributed by atoms with Crippen LogP contribution in [0.25, 0.3) is 0 Å². The number of methoxy groups -OCH3 is 1. The van der Waals surface area contributed by atoms with Crippen molar-refractivity contribution in [2.45, 2.75) is 58.5 Å². The van der Waals surface area contributed by atoms with E-state index in [9.17, 15) is 9.59 Å². The van der Waals surface area contributed by atoms with Crippen LogP contribution in [0.15, 0.2) is 48.5 Å². The van der Waals surface area contributed by atoms with Crippen LogP contribution >= 0.6 is 11.8 Å². The molecule has 5 nitrogen and oxygen atoms in total. The molecule has 1 atom stereocenters. The van der Waals surface area contributed by atoms with Crippen LogP contribution in [0.4, 0.5) is 0 Å². The van der Waals surface area contributed by atoms with E-state index >= 15 is 0 Å². The molecule has 168 valence electrons. The third-order valence-electron chi connectivity index (χ3n) is 4.92. The number of benzene rings is 2. The third kappa shape index (κ3) is 7.94. The molecule has 2 rings (SSSR count). The third-order valence-corrected chi connectivity index (χ3v) is 5.91. The molecule has 2 aromatic carbocycles. The highest BCUT2D eigenvalue weighted by molar-refractivity contribution is 7.99. The van der Waals surface area contributed by atoms with Crippen molar-refractivity contribution < 1.29 is 14.3 Å². The van der Waals surface area contributed by atoms with Crippen molar-refractivity contribution in [3.8, 4) is 5.75 Å². The van der Waals surface area contributed by atoms with Gasteiger partial charge in [0.1, 0.15) is 11.8 Å². The summed E-state index contributed by atoms with van der Waals surface area (Å²) in [5, 5.41) is 2.96. The highest BCUT2D eigenvalue weighted by atomic mass is 32.2. The van der Waals surface area contributed by atoms with Gasteiger partial charge in [0.25, 0.3) is 0 Å². The van der Waals surface area contributed by atoms with Crippen molar-refractivity contribution in [3.63, 3.8) is 0 Å². The summed E-state index contributed by atoms with van der Waals surface area (Å²) in [6, 6.07) is 15.5. The van der Waals surface area contributed by atoms with Crippen LogP contribution < -0.4 is 10.1 Å². The molecule has 0 aliphatic heterocycles. The van der Waals surface area contributed by atoms with Crippen molar-refractivity contribution in [2.75, 3.05) is 12.9 Å². The minimum atomic E-state index is -0.513. The number of carbonyl (C=O) groups excluding carboxylic acids is 2. The lowest BCUT2D eigenvalue weighted by atomic mass is 10.1. The largest absolute Gasteiger partial charge is 0.497 e. The maximum absolute atomic E-state index is 13.2. The molecule has 1 unspecified atom stereocenters. The van der Waals surface area contributed by atoms with E-state index < -0.39 is 6.04 Å². The second-order valence-corrected chi connectivity index (χ2v) is 8.92. The maximum atomic E-state index is 13.2. The van der Waals surface area contributed by atoms with E-state index in [1.165, 1.54) is 11.1 Å². The summed E-state index contributed by atoms with van der Waals surface area (Å²) in [5.41, 5.74) is 3.34. The zero-order chi connectivity index (χ0) is 22.8. The zero-order valence-corrected chi connectivity index (χ0v) is 20.0. The highest BCUT2D eigenvalue weighted by Gasteiger charge is 2.28. The minimum absolute atomic E-state index is 0.0197. The van der Waals surface area contributed by atoms with Gasteiger partial charge in [-0.1, -0.05) is 48.9 Å². The first kappa shape index (κ1) is 24.8. The SMILES string of the molecule is CCC(C(=O)NC(C)C)N(Cc1cccc(OC)c1)C(=O)CSCc1ccc(C)cc1. The molecular formula is C25H34N2O3S. The number of thioether (sulfide) groups is 1. The predicted octanol–water partition coefficient (Wildman–Crippen LogP) is 4.57. The molecule has 31 heavy (non-hydrogen) atoms. The van der Waals surface area contributed by atoms with Gasteiger partial charge < -0.3 is 15.0 Å². The Morgan fingerprint density at radius 2 is 1.81 bits per heavy atom. The second-order valence-electron chi connectivity index (χ2n) is 7.94. The average molecular weight is 443 g/mol. The Kier molecular flexibility index (Phi) is 9.92. The Hall–Kier alpha value is -2.47. The van der Waals surface area contributed by atoms with Crippen LogP contribution in [-0.4, -0.2) is 41.7 Å². The molecule has 1 N–H and O–H groups in total. The van der Waals surface area contributed by atoms with E-state index in [0.29, 0.717) is 18.7 Å². The number of hydrogen-bond donors (Lipinski definition) is 1. The molecule has 0 aliphatic carbocycles. The molecular weight excluding hydrogens is 408 g/mol. The second kappa shape index (κ2) is 12.4. The molecule has 0 aliphatic rings. The van der Waals surface area contributed by atoms with Gasteiger partial charge in [-0.05, 0) is 50.5 Å². The van der Waals surface area contributed by atoms with Gasteiger partial charge in [0, 0.05) is 18.3 Å².